The average molecular weight is 460 g/mol. The number of nitrogens with zero attached hydrogens (tertiary/aromatic N) is 5. The number of carbonyl (C=O) groups excluding carboxylic acids is 1. The van der Waals surface area contributed by atoms with Crippen molar-refractivity contribution in [3.63, 3.8) is 0 Å². The molecule has 10 heteroatoms. The average Bonchev–Trinajstić information content (AvgIpc) is 3.60. The zero-order chi connectivity index (χ0) is 23.7. The van der Waals surface area contributed by atoms with Gasteiger partial charge in [0.2, 0.25) is 11.8 Å². The molecule has 3 N–H and O–H groups in total. The molecule has 0 unspecified atom stereocenters. The number of pyridine rings is 3. The van der Waals surface area contributed by atoms with Crippen LogP contribution < -0.4 is 20.5 Å². The van der Waals surface area contributed by atoms with Crippen molar-refractivity contribution in [1.29, 1.82) is 0 Å². The molecule has 0 aromatic carbocycles. The van der Waals surface area contributed by atoms with Crippen LogP contribution in [0.2, 0.25) is 0 Å². The van der Waals surface area contributed by atoms with Gasteiger partial charge in [-0.2, -0.15) is 4.98 Å². The number of hydrogen-bond donors (Lipinski definition) is 2. The molecule has 4 heterocycles. The van der Waals surface area contributed by atoms with Crippen molar-refractivity contribution in [1.82, 2.24) is 29.9 Å². The molecule has 0 aliphatic heterocycles. The second-order valence-corrected chi connectivity index (χ2v) is 8.25. The van der Waals surface area contributed by atoms with Crippen LogP contribution in [0.25, 0.3) is 16.8 Å². The first-order chi connectivity index (χ1) is 16.5. The molecule has 1 aliphatic carbocycles. The topological polar surface area (TPSA) is 130 Å². The summed E-state index contributed by atoms with van der Waals surface area (Å²) in [6.07, 6.45) is 7.53. The van der Waals surface area contributed by atoms with Crippen LogP contribution in [-0.4, -0.2) is 44.2 Å². The molecule has 10 nitrogen and oxygen atoms in total. The molecule has 4 aromatic heterocycles. The molecule has 4 aromatic rings. The van der Waals surface area contributed by atoms with E-state index in [1.54, 1.807) is 23.1 Å². The number of carbonyl (C=O) groups is 1. The predicted octanol–water partition coefficient (Wildman–Crippen LogP) is 2.80. The molecule has 0 radical (unpaired) electrons. The van der Waals surface area contributed by atoms with Gasteiger partial charge in [-0.05, 0) is 61.1 Å². The molecule has 1 saturated carbocycles. The number of nitrogens with two attached hydrogens (primary N) is 1. The van der Waals surface area contributed by atoms with Crippen LogP contribution in [0.1, 0.15) is 34.5 Å². The van der Waals surface area contributed by atoms with Crippen molar-refractivity contribution in [3.05, 3.63) is 59.7 Å². The normalized spacial score (nSPS) is 13.1. The number of anilines is 1. The van der Waals surface area contributed by atoms with Crippen LogP contribution in [0.5, 0.6) is 11.6 Å². The van der Waals surface area contributed by atoms with Crippen LogP contribution in [0.4, 0.5) is 5.95 Å². The molecular weight excluding hydrogens is 434 g/mol. The van der Waals surface area contributed by atoms with Crippen molar-refractivity contribution in [2.75, 3.05) is 19.5 Å². The highest BCUT2D eigenvalue weighted by molar-refractivity contribution is 5.99. The van der Waals surface area contributed by atoms with E-state index in [4.69, 9.17) is 15.2 Å². The standard InChI is InChI=1S/C24H25N7O3/c1-14-17(16-7-9-31-20(10-16)29-24(25)30-31)11-28-23(33-2)21(14)22(32)27-12-18-19(4-3-8-26-18)34-13-15-5-6-15/h3-4,7-11,15H,5-6,12-13H2,1-2H3,(H2,25,30)(H,27,32). The summed E-state index contributed by atoms with van der Waals surface area (Å²) >= 11 is 0. The fourth-order valence-electron chi connectivity index (χ4n) is 3.79. The fourth-order valence-corrected chi connectivity index (χ4v) is 3.79. The lowest BCUT2D eigenvalue weighted by atomic mass is 9.99. The van der Waals surface area contributed by atoms with Gasteiger partial charge in [0.05, 0.1) is 20.3 Å². The maximum atomic E-state index is 13.3. The summed E-state index contributed by atoms with van der Waals surface area (Å²) in [5, 5.41) is 7.04. The minimum Gasteiger partial charge on any atom is -0.491 e. The number of rotatable bonds is 8. The van der Waals surface area contributed by atoms with Crippen molar-refractivity contribution >= 4 is 17.5 Å². The molecule has 34 heavy (non-hydrogen) atoms. The Bertz CT molecular complexity index is 1360. The third kappa shape index (κ3) is 4.34. The molecule has 0 bridgehead atoms. The van der Waals surface area contributed by atoms with Crippen molar-refractivity contribution in [2.24, 2.45) is 5.92 Å². The van der Waals surface area contributed by atoms with Crippen LogP contribution in [0.15, 0.2) is 42.9 Å². The Hall–Kier alpha value is -4.21. The molecule has 1 fully saturated rings. The number of nitrogen functional groups attached to an aromatic ring is 1. The highest BCUT2D eigenvalue weighted by Gasteiger charge is 2.23. The van der Waals surface area contributed by atoms with E-state index in [1.165, 1.54) is 20.0 Å². The molecule has 0 saturated heterocycles. The van der Waals surface area contributed by atoms with Crippen LogP contribution in [-0.2, 0) is 6.54 Å². The largest absolute Gasteiger partial charge is 0.491 e. The Balaban J connectivity index is 1.40. The van der Waals surface area contributed by atoms with E-state index < -0.39 is 0 Å². The van der Waals surface area contributed by atoms with Gasteiger partial charge in [-0.25, -0.2) is 9.50 Å². The summed E-state index contributed by atoms with van der Waals surface area (Å²) in [4.78, 5) is 26.2. The van der Waals surface area contributed by atoms with E-state index in [1.807, 2.05) is 31.2 Å². The highest BCUT2D eigenvalue weighted by Crippen LogP contribution is 2.31. The maximum absolute atomic E-state index is 13.3. The summed E-state index contributed by atoms with van der Waals surface area (Å²) < 4.78 is 12.9. The molecule has 1 amide bonds. The molecule has 5 rings (SSSR count). The molecule has 174 valence electrons. The number of ether oxygens (including phenoxy) is 2. The summed E-state index contributed by atoms with van der Waals surface area (Å²) in [6.45, 7) is 2.76. The zero-order valence-electron chi connectivity index (χ0n) is 19.0. The first kappa shape index (κ1) is 21.6. The first-order valence-electron chi connectivity index (χ1n) is 11.0. The van der Waals surface area contributed by atoms with Crippen molar-refractivity contribution in [2.45, 2.75) is 26.3 Å². The Labute approximate surface area is 196 Å². The summed E-state index contributed by atoms with van der Waals surface area (Å²) in [5.74, 6) is 1.44. The predicted molar refractivity (Wildman–Crippen MR) is 126 cm³/mol. The van der Waals surface area contributed by atoms with E-state index in [0.29, 0.717) is 35.2 Å². The second-order valence-electron chi connectivity index (χ2n) is 8.25. The van der Waals surface area contributed by atoms with Crippen LogP contribution in [0.3, 0.4) is 0 Å². The summed E-state index contributed by atoms with van der Waals surface area (Å²) in [7, 11) is 1.49. The van der Waals surface area contributed by atoms with Gasteiger partial charge in [-0.15, -0.1) is 5.10 Å². The zero-order valence-corrected chi connectivity index (χ0v) is 19.0. The van der Waals surface area contributed by atoms with Gasteiger partial charge < -0.3 is 20.5 Å². The van der Waals surface area contributed by atoms with Gasteiger partial charge in [-0.3, -0.25) is 9.78 Å². The van der Waals surface area contributed by atoms with Crippen LogP contribution in [0, 0.1) is 12.8 Å². The number of methoxy groups -OCH3 is 1. The maximum Gasteiger partial charge on any atom is 0.257 e. The lowest BCUT2D eigenvalue weighted by molar-refractivity contribution is 0.0945. The smallest absolute Gasteiger partial charge is 0.257 e. The van der Waals surface area contributed by atoms with E-state index >= 15 is 0 Å². The SMILES string of the molecule is COc1ncc(-c2ccn3nc(N)nc3c2)c(C)c1C(=O)NCc1ncccc1OCC1CC1. The van der Waals surface area contributed by atoms with Crippen LogP contribution >= 0.6 is 0 Å². The molecular formula is C24H25N7O3. The lowest BCUT2D eigenvalue weighted by Gasteiger charge is -2.15. The second kappa shape index (κ2) is 8.97. The third-order valence-electron chi connectivity index (χ3n) is 5.83. The van der Waals surface area contributed by atoms with Crippen molar-refractivity contribution in [3.8, 4) is 22.8 Å². The highest BCUT2D eigenvalue weighted by atomic mass is 16.5. The van der Waals surface area contributed by atoms with Gasteiger partial charge in [0.25, 0.3) is 5.91 Å². The lowest BCUT2D eigenvalue weighted by Crippen LogP contribution is -2.25. The Kier molecular flexibility index (Phi) is 5.70. The van der Waals surface area contributed by atoms with Gasteiger partial charge in [-0.1, -0.05) is 0 Å². The first-order valence-corrected chi connectivity index (χ1v) is 11.0. The minimum absolute atomic E-state index is 0.191. The monoisotopic (exact) mass is 459 g/mol. The fraction of sp³-hybridized carbons (Fsp3) is 0.292. The number of hydrogen-bond acceptors (Lipinski definition) is 8. The quantitative estimate of drug-likeness (QED) is 0.411. The Morgan fingerprint density at radius 3 is 2.94 bits per heavy atom. The molecule has 1 aliphatic rings. The van der Waals surface area contributed by atoms with E-state index in [-0.39, 0.29) is 24.3 Å². The van der Waals surface area contributed by atoms with E-state index in [2.05, 4.69) is 25.4 Å². The number of aromatic nitrogens is 5. The molecule has 0 spiro atoms. The van der Waals surface area contributed by atoms with Gasteiger partial charge in [0.15, 0.2) is 5.65 Å². The Morgan fingerprint density at radius 2 is 2.15 bits per heavy atom. The Morgan fingerprint density at radius 1 is 1.29 bits per heavy atom. The molecule has 0 atom stereocenters. The van der Waals surface area contributed by atoms with Gasteiger partial charge >= 0.3 is 0 Å². The van der Waals surface area contributed by atoms with Gasteiger partial charge in [0.1, 0.15) is 17.0 Å². The van der Waals surface area contributed by atoms with Crippen molar-refractivity contribution < 1.29 is 14.3 Å². The number of nitrogens with one attached hydrogen (secondary N) is 1. The van der Waals surface area contributed by atoms with Gasteiger partial charge in [0, 0.05) is 24.2 Å². The summed E-state index contributed by atoms with van der Waals surface area (Å²) in [6, 6.07) is 7.42. The number of fused-ring (bicyclic) bond motifs is 1. The van der Waals surface area contributed by atoms with E-state index in [0.717, 1.165) is 16.7 Å². The number of amides is 1. The third-order valence-corrected chi connectivity index (χ3v) is 5.83. The minimum atomic E-state index is -0.310. The summed E-state index contributed by atoms with van der Waals surface area (Å²) in [5.41, 5.74) is 9.68. The van der Waals surface area contributed by atoms with E-state index in [9.17, 15) is 4.79 Å².